The number of nitrogens with one attached hydrogen (secondary N) is 1. The van der Waals surface area contributed by atoms with Crippen molar-refractivity contribution in [3.8, 4) is 9.88 Å². The summed E-state index contributed by atoms with van der Waals surface area (Å²) in [4.78, 5) is 18.9. The number of aryl methyl sites for hydroxylation is 1. The predicted octanol–water partition coefficient (Wildman–Crippen LogP) is 3.86. The number of hydrogen-bond acceptors (Lipinski definition) is 7. The van der Waals surface area contributed by atoms with Crippen molar-refractivity contribution in [1.82, 2.24) is 14.6 Å². The molecule has 1 aromatic carbocycles. The van der Waals surface area contributed by atoms with Crippen LogP contribution in [-0.4, -0.2) is 47.8 Å². The van der Waals surface area contributed by atoms with Gasteiger partial charge in [-0.2, -0.15) is 4.31 Å². The van der Waals surface area contributed by atoms with Crippen molar-refractivity contribution >= 4 is 50.4 Å². The summed E-state index contributed by atoms with van der Waals surface area (Å²) in [5.74, 6) is 0.490. The number of aromatic nitrogens is 1. The molecule has 164 valence electrons. The summed E-state index contributed by atoms with van der Waals surface area (Å²) >= 11 is 4.71. The zero-order chi connectivity index (χ0) is 21.8. The highest BCUT2D eigenvalue weighted by atomic mass is 32.2. The molecule has 0 radical (unpaired) electrons. The van der Waals surface area contributed by atoms with Crippen LogP contribution in [0.3, 0.4) is 0 Å². The van der Waals surface area contributed by atoms with E-state index in [-0.39, 0.29) is 11.8 Å². The smallest absolute Gasteiger partial charge is 0.244 e. The lowest BCUT2D eigenvalue weighted by Gasteiger charge is -2.23. The van der Waals surface area contributed by atoms with Gasteiger partial charge in [0.1, 0.15) is 11.0 Å². The number of amides is 1. The highest BCUT2D eigenvalue weighted by Crippen LogP contribution is 2.30. The number of rotatable bonds is 8. The van der Waals surface area contributed by atoms with Crippen LogP contribution in [0, 0.1) is 0 Å². The van der Waals surface area contributed by atoms with Crippen LogP contribution in [0.25, 0.3) is 9.88 Å². The van der Waals surface area contributed by atoms with Crippen LogP contribution in [0.4, 0.5) is 0 Å². The van der Waals surface area contributed by atoms with Gasteiger partial charge in [0.2, 0.25) is 15.9 Å². The van der Waals surface area contributed by atoms with Gasteiger partial charge in [-0.3, -0.25) is 4.79 Å². The highest BCUT2D eigenvalue weighted by Gasteiger charge is 2.40. The Morgan fingerprint density at radius 2 is 2.06 bits per heavy atom. The summed E-state index contributed by atoms with van der Waals surface area (Å²) in [6.07, 6.45) is 1.23. The molecule has 1 N–H and O–H groups in total. The minimum Gasteiger partial charge on any atom is -0.354 e. The number of benzene rings is 1. The molecular weight excluding hydrogens is 471 g/mol. The summed E-state index contributed by atoms with van der Waals surface area (Å²) < 4.78 is 27.9. The molecule has 0 aliphatic carbocycles. The normalized spacial score (nSPS) is 17.1. The van der Waals surface area contributed by atoms with Gasteiger partial charge in [0.15, 0.2) is 0 Å². The molecule has 4 rings (SSSR count). The molecule has 1 saturated heterocycles. The molecule has 1 fully saturated rings. The lowest BCUT2D eigenvalue weighted by molar-refractivity contribution is -0.123. The van der Waals surface area contributed by atoms with E-state index in [2.05, 4.69) is 10.3 Å². The summed E-state index contributed by atoms with van der Waals surface area (Å²) in [5.41, 5.74) is 1.69. The average molecular weight is 494 g/mol. The zero-order valence-electron chi connectivity index (χ0n) is 17.0. The molecule has 6 nitrogen and oxygen atoms in total. The maximum absolute atomic E-state index is 13.3. The molecule has 2 aromatic heterocycles. The molecule has 3 heterocycles. The van der Waals surface area contributed by atoms with Gasteiger partial charge in [0.25, 0.3) is 0 Å². The average Bonchev–Trinajstić information content (AvgIpc) is 3.54. The largest absolute Gasteiger partial charge is 0.354 e. The topological polar surface area (TPSA) is 79.4 Å². The van der Waals surface area contributed by atoms with Crippen LogP contribution in [0.2, 0.25) is 0 Å². The molecule has 1 aliphatic rings. The van der Waals surface area contributed by atoms with Gasteiger partial charge in [0.05, 0.1) is 21.3 Å². The molecule has 0 bridgehead atoms. The fraction of sp³-hybridized carbons (Fsp3) is 0.333. The minimum atomic E-state index is -3.73. The summed E-state index contributed by atoms with van der Waals surface area (Å²) in [6.45, 7) is 2.35. The summed E-state index contributed by atoms with van der Waals surface area (Å²) in [7, 11) is -3.73. The Balaban J connectivity index is 1.39. The first kappa shape index (κ1) is 22.5. The second-order valence-corrected chi connectivity index (χ2v) is 11.7. The number of sulfonamides is 1. The number of thioether (sulfide) groups is 1. The summed E-state index contributed by atoms with van der Waals surface area (Å²) in [5, 5.41) is 7.92. The van der Waals surface area contributed by atoms with E-state index in [9.17, 15) is 13.2 Å². The van der Waals surface area contributed by atoms with E-state index < -0.39 is 16.1 Å². The molecule has 31 heavy (non-hydrogen) atoms. The molecule has 1 atom stereocenters. The first-order chi connectivity index (χ1) is 15.0. The maximum Gasteiger partial charge on any atom is 0.244 e. The van der Waals surface area contributed by atoms with Crippen molar-refractivity contribution < 1.29 is 13.2 Å². The van der Waals surface area contributed by atoms with Crippen molar-refractivity contribution in [2.75, 3.05) is 18.2 Å². The molecule has 10 heteroatoms. The fourth-order valence-electron chi connectivity index (χ4n) is 3.41. The van der Waals surface area contributed by atoms with Gasteiger partial charge < -0.3 is 5.32 Å². The maximum atomic E-state index is 13.3. The SMILES string of the molecule is CCc1ccccc1S(=O)(=O)N1CSC[C@@H]1C(=O)NCCc1csc(-c2cccs2)n1. The van der Waals surface area contributed by atoms with Gasteiger partial charge in [-0.15, -0.1) is 34.4 Å². The second kappa shape index (κ2) is 9.83. The number of nitrogens with zero attached hydrogens (tertiary/aromatic N) is 2. The van der Waals surface area contributed by atoms with Gasteiger partial charge in [-0.25, -0.2) is 13.4 Å². The van der Waals surface area contributed by atoms with Crippen LogP contribution in [-0.2, 0) is 27.7 Å². The van der Waals surface area contributed by atoms with Crippen LogP contribution in [0.5, 0.6) is 0 Å². The van der Waals surface area contributed by atoms with Crippen molar-refractivity contribution in [3.05, 3.63) is 58.4 Å². The van der Waals surface area contributed by atoms with Crippen LogP contribution < -0.4 is 5.32 Å². The zero-order valence-corrected chi connectivity index (χ0v) is 20.2. The monoisotopic (exact) mass is 493 g/mol. The van der Waals surface area contributed by atoms with Gasteiger partial charge >= 0.3 is 0 Å². The quantitative estimate of drug-likeness (QED) is 0.516. The van der Waals surface area contributed by atoms with Gasteiger partial charge in [-0.1, -0.05) is 31.2 Å². The molecular formula is C21H23N3O3S4. The fourth-order valence-corrected chi connectivity index (χ4v) is 8.52. The number of hydrogen-bond donors (Lipinski definition) is 1. The van der Waals surface area contributed by atoms with Crippen molar-refractivity contribution in [1.29, 1.82) is 0 Å². The van der Waals surface area contributed by atoms with E-state index in [1.807, 2.05) is 41.9 Å². The Kier molecular flexibility index (Phi) is 7.12. The van der Waals surface area contributed by atoms with Crippen molar-refractivity contribution in [3.63, 3.8) is 0 Å². The van der Waals surface area contributed by atoms with E-state index in [1.54, 1.807) is 34.8 Å². The molecule has 0 unspecified atom stereocenters. The van der Waals surface area contributed by atoms with E-state index in [1.165, 1.54) is 16.1 Å². The van der Waals surface area contributed by atoms with Crippen molar-refractivity contribution in [2.45, 2.75) is 30.7 Å². The Hall–Kier alpha value is -1.72. The van der Waals surface area contributed by atoms with Gasteiger partial charge in [0, 0.05) is 24.1 Å². The molecule has 1 aliphatic heterocycles. The van der Waals surface area contributed by atoms with Crippen LogP contribution in [0.15, 0.2) is 52.1 Å². The Morgan fingerprint density at radius 3 is 2.84 bits per heavy atom. The molecule has 3 aromatic rings. The first-order valence-electron chi connectivity index (χ1n) is 9.94. The van der Waals surface area contributed by atoms with Crippen LogP contribution >= 0.6 is 34.4 Å². The molecule has 0 saturated carbocycles. The third-order valence-corrected chi connectivity index (χ3v) is 10.1. The van der Waals surface area contributed by atoms with Gasteiger partial charge in [-0.05, 0) is 29.5 Å². The minimum absolute atomic E-state index is 0.253. The van der Waals surface area contributed by atoms with Crippen LogP contribution in [0.1, 0.15) is 18.2 Å². The first-order valence-corrected chi connectivity index (χ1v) is 14.3. The molecule has 0 spiro atoms. The van der Waals surface area contributed by atoms with E-state index in [4.69, 9.17) is 0 Å². The third kappa shape index (κ3) is 4.88. The lowest BCUT2D eigenvalue weighted by Crippen LogP contribution is -2.47. The number of thiophene rings is 1. The van der Waals surface area contributed by atoms with E-state index >= 15 is 0 Å². The Bertz CT molecular complexity index is 1140. The third-order valence-electron chi connectivity index (χ3n) is 5.05. The second-order valence-electron chi connectivity index (χ2n) is 7.03. The lowest BCUT2D eigenvalue weighted by atomic mass is 10.2. The molecule has 1 amide bonds. The highest BCUT2D eigenvalue weighted by molar-refractivity contribution is 8.00. The van der Waals surface area contributed by atoms with E-state index in [0.717, 1.165) is 21.1 Å². The number of carbonyl (C=O) groups is 1. The Labute approximate surface area is 194 Å². The predicted molar refractivity (Wildman–Crippen MR) is 128 cm³/mol. The standard InChI is InChI=1S/C21H23N3O3S4/c1-2-15-6-3-4-8-19(15)31(26,27)24-14-28-13-17(24)20(25)22-10-9-16-12-30-21(23-16)18-7-5-11-29-18/h3-8,11-12,17H,2,9-10,13-14H2,1H3,(H,22,25)/t17-/m1/s1. The number of carbonyl (C=O) groups excluding carboxylic acids is 1. The number of thiazole rings is 1. The Morgan fingerprint density at radius 1 is 1.23 bits per heavy atom. The van der Waals surface area contributed by atoms with E-state index in [0.29, 0.717) is 30.0 Å². The van der Waals surface area contributed by atoms with Crippen molar-refractivity contribution in [2.24, 2.45) is 0 Å². The summed E-state index contributed by atoms with van der Waals surface area (Å²) in [6, 6.07) is 10.4.